The van der Waals surface area contributed by atoms with Gasteiger partial charge < -0.3 is 19.4 Å². The van der Waals surface area contributed by atoms with Crippen molar-refractivity contribution in [3.63, 3.8) is 0 Å². The summed E-state index contributed by atoms with van der Waals surface area (Å²) in [5.41, 5.74) is 5.32. The van der Waals surface area contributed by atoms with E-state index in [1.165, 1.54) is 16.6 Å². The number of rotatable bonds is 13. The minimum Gasteiger partial charge on any atom is -0.497 e. The monoisotopic (exact) mass is 499 g/mol. The highest BCUT2D eigenvalue weighted by Crippen LogP contribution is 2.22. The molecule has 1 heterocycles. The predicted octanol–water partition coefficient (Wildman–Crippen LogP) is 6.27. The van der Waals surface area contributed by atoms with Crippen LogP contribution in [-0.4, -0.2) is 35.7 Å². The Morgan fingerprint density at radius 2 is 1.73 bits per heavy atom. The smallest absolute Gasteiger partial charge is 0.251 e. The first-order valence-corrected chi connectivity index (χ1v) is 13.1. The van der Waals surface area contributed by atoms with Crippen LogP contribution < -0.4 is 14.8 Å². The lowest BCUT2D eigenvalue weighted by atomic mass is 10.1. The van der Waals surface area contributed by atoms with Gasteiger partial charge in [0, 0.05) is 25.1 Å². The molecule has 0 fully saturated rings. The average Bonchev–Trinajstić information content (AvgIpc) is 3.28. The van der Waals surface area contributed by atoms with Gasteiger partial charge in [0.2, 0.25) is 0 Å². The van der Waals surface area contributed by atoms with Crippen molar-refractivity contribution in [3.8, 4) is 11.5 Å². The number of benzene rings is 3. The lowest BCUT2D eigenvalue weighted by molar-refractivity contribution is 0.0953. The first-order chi connectivity index (χ1) is 18.1. The normalized spacial score (nSPS) is 11.0. The van der Waals surface area contributed by atoms with Gasteiger partial charge in [0.15, 0.2) is 0 Å². The molecule has 1 aromatic heterocycles. The molecule has 0 unspecified atom stereocenters. The summed E-state index contributed by atoms with van der Waals surface area (Å²) in [7, 11) is 1.62. The third kappa shape index (κ3) is 6.91. The standard InChI is InChI=1S/C31H37N3O3/c1-23-11-9-14-29(24(23)2)37-22-10-21-34-28-13-7-6-12-27(28)33-30(34)15-5-4-8-20-32-31(35)25-16-18-26(36-3)19-17-25/h6-7,9,11-14,16-19H,4-5,8,10,15,20-22H2,1-3H3,(H,32,35). The zero-order valence-corrected chi connectivity index (χ0v) is 22.1. The molecule has 0 atom stereocenters. The van der Waals surface area contributed by atoms with Crippen molar-refractivity contribution < 1.29 is 14.3 Å². The fraction of sp³-hybridized carbons (Fsp3) is 0.355. The number of hydrogen-bond acceptors (Lipinski definition) is 4. The second-order valence-electron chi connectivity index (χ2n) is 9.36. The van der Waals surface area contributed by atoms with Gasteiger partial charge in [-0.2, -0.15) is 0 Å². The van der Waals surface area contributed by atoms with Gasteiger partial charge in [-0.1, -0.05) is 30.7 Å². The van der Waals surface area contributed by atoms with E-state index in [0.29, 0.717) is 18.7 Å². The van der Waals surface area contributed by atoms with Crippen molar-refractivity contribution in [1.29, 1.82) is 0 Å². The summed E-state index contributed by atoms with van der Waals surface area (Å²) >= 11 is 0. The highest BCUT2D eigenvalue weighted by Gasteiger charge is 2.11. The van der Waals surface area contributed by atoms with Gasteiger partial charge in [0.1, 0.15) is 17.3 Å². The van der Waals surface area contributed by atoms with Gasteiger partial charge >= 0.3 is 0 Å². The molecule has 0 saturated heterocycles. The SMILES string of the molecule is COc1ccc(C(=O)NCCCCCc2nc3ccccc3n2CCCOc2cccc(C)c2C)cc1. The molecule has 0 radical (unpaired) electrons. The molecule has 0 aliphatic rings. The van der Waals surface area contributed by atoms with Gasteiger partial charge in [-0.15, -0.1) is 0 Å². The zero-order valence-electron chi connectivity index (χ0n) is 22.1. The molecule has 0 spiro atoms. The van der Waals surface area contributed by atoms with Gasteiger partial charge in [0.25, 0.3) is 5.91 Å². The quantitative estimate of drug-likeness (QED) is 0.220. The van der Waals surface area contributed by atoms with Crippen molar-refractivity contribution in [2.45, 2.75) is 52.5 Å². The van der Waals surface area contributed by atoms with Crippen LogP contribution in [0.2, 0.25) is 0 Å². The van der Waals surface area contributed by atoms with Crippen LogP contribution in [0.15, 0.2) is 66.7 Å². The molecular formula is C31H37N3O3. The number of fused-ring (bicyclic) bond motifs is 1. The molecule has 0 aliphatic carbocycles. The Balaban J connectivity index is 1.24. The van der Waals surface area contributed by atoms with Crippen LogP contribution in [0.5, 0.6) is 11.5 Å². The molecule has 4 aromatic rings. The maximum absolute atomic E-state index is 12.3. The van der Waals surface area contributed by atoms with Crippen LogP contribution in [0.1, 0.15) is 53.0 Å². The number of hydrogen-bond donors (Lipinski definition) is 1. The number of amides is 1. The molecule has 6 heteroatoms. The van der Waals surface area contributed by atoms with E-state index in [1.807, 2.05) is 18.2 Å². The molecule has 6 nitrogen and oxygen atoms in total. The second kappa shape index (κ2) is 12.9. The van der Waals surface area contributed by atoms with Crippen LogP contribution in [-0.2, 0) is 13.0 Å². The Kier molecular flexibility index (Phi) is 9.19. The maximum Gasteiger partial charge on any atom is 0.251 e. The van der Waals surface area contributed by atoms with Crippen LogP contribution in [0.3, 0.4) is 0 Å². The van der Waals surface area contributed by atoms with Crippen molar-refractivity contribution in [1.82, 2.24) is 14.9 Å². The highest BCUT2D eigenvalue weighted by atomic mass is 16.5. The van der Waals surface area contributed by atoms with Gasteiger partial charge in [-0.3, -0.25) is 4.79 Å². The first-order valence-electron chi connectivity index (χ1n) is 13.1. The number of nitrogens with one attached hydrogen (secondary N) is 1. The minimum absolute atomic E-state index is 0.0486. The van der Waals surface area contributed by atoms with Crippen LogP contribution in [0, 0.1) is 13.8 Å². The molecule has 0 saturated carbocycles. The van der Waals surface area contributed by atoms with E-state index in [9.17, 15) is 4.79 Å². The minimum atomic E-state index is -0.0486. The number of carbonyl (C=O) groups excluding carboxylic acids is 1. The second-order valence-corrected chi connectivity index (χ2v) is 9.36. The Labute approximate surface area is 219 Å². The number of imidazole rings is 1. The lowest BCUT2D eigenvalue weighted by Gasteiger charge is -2.13. The largest absolute Gasteiger partial charge is 0.497 e. The van der Waals surface area contributed by atoms with Gasteiger partial charge in [0.05, 0.1) is 24.8 Å². The first kappa shape index (κ1) is 26.3. The van der Waals surface area contributed by atoms with Crippen molar-refractivity contribution in [2.75, 3.05) is 20.3 Å². The summed E-state index contributed by atoms with van der Waals surface area (Å²) in [5.74, 6) is 2.79. The summed E-state index contributed by atoms with van der Waals surface area (Å²) in [4.78, 5) is 17.2. The number of aryl methyl sites for hydroxylation is 3. The Morgan fingerprint density at radius 3 is 2.54 bits per heavy atom. The van der Waals surface area contributed by atoms with E-state index < -0.39 is 0 Å². The average molecular weight is 500 g/mol. The summed E-state index contributed by atoms with van der Waals surface area (Å²) in [6.45, 7) is 6.43. The van der Waals surface area contributed by atoms with Crippen LogP contribution in [0.4, 0.5) is 0 Å². The molecule has 0 bridgehead atoms. The van der Waals surface area contributed by atoms with E-state index in [1.54, 1.807) is 31.4 Å². The maximum atomic E-state index is 12.3. The van der Waals surface area contributed by atoms with Crippen molar-refractivity contribution >= 4 is 16.9 Å². The molecule has 1 N–H and O–H groups in total. The Hall–Kier alpha value is -3.80. The fourth-order valence-corrected chi connectivity index (χ4v) is 4.48. The Morgan fingerprint density at radius 1 is 0.919 bits per heavy atom. The number of carbonyl (C=O) groups is 1. The number of methoxy groups -OCH3 is 1. The Bertz CT molecular complexity index is 1310. The summed E-state index contributed by atoms with van der Waals surface area (Å²) in [6, 6.07) is 21.7. The molecule has 4 rings (SSSR count). The summed E-state index contributed by atoms with van der Waals surface area (Å²) < 4.78 is 13.6. The van der Waals surface area contributed by atoms with Gasteiger partial charge in [-0.25, -0.2) is 4.98 Å². The van der Waals surface area contributed by atoms with E-state index in [4.69, 9.17) is 14.5 Å². The molecular weight excluding hydrogens is 462 g/mol. The lowest BCUT2D eigenvalue weighted by Crippen LogP contribution is -2.24. The molecule has 3 aromatic carbocycles. The molecule has 0 aliphatic heterocycles. The molecule has 194 valence electrons. The van der Waals surface area contributed by atoms with E-state index in [-0.39, 0.29) is 5.91 Å². The van der Waals surface area contributed by atoms with E-state index in [0.717, 1.165) is 61.5 Å². The topological polar surface area (TPSA) is 65.4 Å². The third-order valence-corrected chi connectivity index (χ3v) is 6.79. The van der Waals surface area contributed by atoms with Crippen LogP contribution >= 0.6 is 0 Å². The zero-order chi connectivity index (χ0) is 26.0. The van der Waals surface area contributed by atoms with E-state index in [2.05, 4.69) is 48.0 Å². The number of ether oxygens (including phenoxy) is 2. The number of unbranched alkanes of at least 4 members (excludes halogenated alkanes) is 2. The summed E-state index contributed by atoms with van der Waals surface area (Å²) in [5, 5.41) is 3.01. The molecule has 37 heavy (non-hydrogen) atoms. The summed E-state index contributed by atoms with van der Waals surface area (Å²) in [6.07, 6.45) is 4.82. The predicted molar refractivity (Wildman–Crippen MR) is 149 cm³/mol. The molecule has 1 amide bonds. The van der Waals surface area contributed by atoms with E-state index >= 15 is 0 Å². The number of aromatic nitrogens is 2. The highest BCUT2D eigenvalue weighted by molar-refractivity contribution is 5.94. The number of para-hydroxylation sites is 2. The van der Waals surface area contributed by atoms with Crippen molar-refractivity contribution in [3.05, 3.63) is 89.2 Å². The third-order valence-electron chi connectivity index (χ3n) is 6.79. The number of nitrogens with zero attached hydrogens (tertiary/aromatic N) is 2. The van der Waals surface area contributed by atoms with Crippen LogP contribution in [0.25, 0.3) is 11.0 Å². The van der Waals surface area contributed by atoms with Gasteiger partial charge in [-0.05, 0) is 86.7 Å². The van der Waals surface area contributed by atoms with Crippen molar-refractivity contribution in [2.24, 2.45) is 0 Å². The fourth-order valence-electron chi connectivity index (χ4n) is 4.48.